The zero-order valence-corrected chi connectivity index (χ0v) is 18.4. The number of carbonyl (C=O) groups is 1. The molecule has 1 amide bonds. The molecular formula is C19H28ClN3O6S. The zero-order chi connectivity index (χ0) is 21.9. The first kappa shape index (κ1) is 24.5. The Labute approximate surface area is 184 Å². The number of carbonyl (C=O) groups excluding carboxylic acids is 1. The van der Waals surface area contributed by atoms with Crippen LogP contribution in [0.2, 0.25) is 5.02 Å². The number of aliphatic hydroxyl groups excluding tert-OH is 1. The third-order valence-corrected chi connectivity index (χ3v) is 6.27. The summed E-state index contributed by atoms with van der Waals surface area (Å²) in [5.74, 6) is 0.635. The van der Waals surface area contributed by atoms with Gasteiger partial charge in [0.25, 0.3) is 5.09 Å². The maximum atomic E-state index is 11.9. The number of halogens is 1. The summed E-state index contributed by atoms with van der Waals surface area (Å²) < 4.78 is 5.54. The van der Waals surface area contributed by atoms with Crippen molar-refractivity contribution >= 4 is 29.3 Å². The largest absolute Gasteiger partial charge is 0.489 e. The van der Waals surface area contributed by atoms with Crippen molar-refractivity contribution in [2.24, 2.45) is 0 Å². The number of rotatable bonds is 13. The minimum atomic E-state index is -0.760. The third-order valence-electron chi connectivity index (χ3n) is 4.56. The fraction of sp³-hybridized carbons (Fsp3) is 0.632. The van der Waals surface area contributed by atoms with Crippen LogP contribution >= 0.6 is 23.4 Å². The number of nitrogens with zero attached hydrogens (tertiary/aromatic N) is 1. The van der Waals surface area contributed by atoms with Crippen molar-refractivity contribution in [3.05, 3.63) is 38.9 Å². The number of aliphatic hydroxyl groups is 1. The van der Waals surface area contributed by atoms with E-state index in [0.29, 0.717) is 36.8 Å². The van der Waals surface area contributed by atoms with Crippen LogP contribution in [0.1, 0.15) is 24.8 Å². The number of ether oxygens (including phenoxy) is 1. The maximum absolute atomic E-state index is 11.9. The molecule has 0 spiro atoms. The SMILES string of the molecule is Cc1ccc(Cl)c(OCC(O)CNCCNC(=O)CS[C@@H]2CCC[C@H]2O[N+](=O)[O-])c1. The van der Waals surface area contributed by atoms with Crippen molar-refractivity contribution in [2.75, 3.05) is 32.0 Å². The fourth-order valence-electron chi connectivity index (χ4n) is 3.07. The molecule has 0 radical (unpaired) electrons. The Morgan fingerprint density at radius 1 is 1.43 bits per heavy atom. The molecule has 3 atom stereocenters. The zero-order valence-electron chi connectivity index (χ0n) is 16.8. The van der Waals surface area contributed by atoms with E-state index in [9.17, 15) is 20.0 Å². The predicted octanol–water partition coefficient (Wildman–Crippen LogP) is 1.96. The minimum absolute atomic E-state index is 0.0312. The van der Waals surface area contributed by atoms with Gasteiger partial charge in [-0.15, -0.1) is 21.9 Å². The summed E-state index contributed by atoms with van der Waals surface area (Å²) in [5, 5.41) is 26.0. The van der Waals surface area contributed by atoms with Crippen LogP contribution in [-0.2, 0) is 9.63 Å². The van der Waals surface area contributed by atoms with Crippen molar-refractivity contribution in [3.8, 4) is 5.75 Å². The van der Waals surface area contributed by atoms with Crippen LogP contribution in [0.5, 0.6) is 5.75 Å². The lowest BCUT2D eigenvalue weighted by Gasteiger charge is -2.17. The normalized spacial score (nSPS) is 19.3. The van der Waals surface area contributed by atoms with Gasteiger partial charge < -0.3 is 25.3 Å². The third kappa shape index (κ3) is 8.95. The van der Waals surface area contributed by atoms with Crippen molar-refractivity contribution in [2.45, 2.75) is 43.6 Å². The van der Waals surface area contributed by atoms with Gasteiger partial charge in [-0.3, -0.25) is 4.79 Å². The standard InChI is InChI=1S/C19H28ClN3O6S/c1-13-5-6-15(20)17(9-13)28-11-14(24)10-21-7-8-22-19(25)12-30-18-4-2-3-16(18)29-23(26)27/h5-6,9,14,16,18,21,24H,2-4,7-8,10-12H2,1H3,(H,22,25)/t14?,16-,18-/m1/s1. The second-order valence-corrected chi connectivity index (χ2v) is 8.74. The molecule has 1 aliphatic rings. The minimum Gasteiger partial charge on any atom is -0.489 e. The highest BCUT2D eigenvalue weighted by Gasteiger charge is 2.31. The van der Waals surface area contributed by atoms with E-state index in [2.05, 4.69) is 15.5 Å². The Kier molecular flexibility index (Phi) is 10.5. The summed E-state index contributed by atoms with van der Waals surface area (Å²) in [5.41, 5.74) is 1.02. The maximum Gasteiger partial charge on any atom is 0.294 e. The second kappa shape index (κ2) is 12.8. The van der Waals surface area contributed by atoms with Gasteiger partial charge in [-0.25, -0.2) is 0 Å². The molecule has 1 aromatic rings. The predicted molar refractivity (Wildman–Crippen MR) is 116 cm³/mol. The molecule has 1 fully saturated rings. The van der Waals surface area contributed by atoms with E-state index in [1.807, 2.05) is 19.1 Å². The molecule has 3 N–H and O–H groups in total. The molecule has 2 rings (SSSR count). The number of nitrogens with one attached hydrogen (secondary N) is 2. The summed E-state index contributed by atoms with van der Waals surface area (Å²) in [6, 6.07) is 5.44. The molecule has 30 heavy (non-hydrogen) atoms. The van der Waals surface area contributed by atoms with E-state index in [1.165, 1.54) is 11.8 Å². The van der Waals surface area contributed by atoms with E-state index >= 15 is 0 Å². The van der Waals surface area contributed by atoms with Crippen LogP contribution in [-0.4, -0.2) is 65.6 Å². The monoisotopic (exact) mass is 461 g/mol. The number of benzene rings is 1. The van der Waals surface area contributed by atoms with Crippen molar-refractivity contribution in [3.63, 3.8) is 0 Å². The van der Waals surface area contributed by atoms with Gasteiger partial charge in [0, 0.05) is 24.9 Å². The smallest absolute Gasteiger partial charge is 0.294 e. The molecule has 1 unspecified atom stereocenters. The molecule has 1 aliphatic carbocycles. The molecule has 11 heteroatoms. The quantitative estimate of drug-likeness (QED) is 0.231. The Morgan fingerprint density at radius 3 is 3.00 bits per heavy atom. The summed E-state index contributed by atoms with van der Waals surface area (Å²) in [6.45, 7) is 3.26. The summed E-state index contributed by atoms with van der Waals surface area (Å²) in [6.07, 6.45) is 1.17. The summed E-state index contributed by atoms with van der Waals surface area (Å²) in [7, 11) is 0. The molecule has 1 aromatic carbocycles. The number of thioether (sulfide) groups is 1. The molecule has 0 heterocycles. The van der Waals surface area contributed by atoms with E-state index < -0.39 is 17.3 Å². The summed E-state index contributed by atoms with van der Waals surface area (Å²) >= 11 is 7.44. The van der Waals surface area contributed by atoms with Crippen molar-refractivity contribution in [1.29, 1.82) is 0 Å². The lowest BCUT2D eigenvalue weighted by molar-refractivity contribution is -0.767. The first-order valence-corrected chi connectivity index (χ1v) is 11.2. The van der Waals surface area contributed by atoms with Crippen LogP contribution in [0.4, 0.5) is 0 Å². The molecule has 0 saturated heterocycles. The van der Waals surface area contributed by atoms with Gasteiger partial charge >= 0.3 is 0 Å². The Hall–Kier alpha value is -1.75. The lowest BCUT2D eigenvalue weighted by Crippen LogP contribution is -2.37. The van der Waals surface area contributed by atoms with E-state index in [4.69, 9.17) is 16.3 Å². The van der Waals surface area contributed by atoms with Gasteiger partial charge in [0.2, 0.25) is 5.91 Å². The number of aryl methyl sites for hydroxylation is 1. The van der Waals surface area contributed by atoms with Gasteiger partial charge in [-0.2, -0.15) is 0 Å². The van der Waals surface area contributed by atoms with Crippen molar-refractivity contribution in [1.82, 2.24) is 10.6 Å². The van der Waals surface area contributed by atoms with E-state index in [-0.39, 0.29) is 23.5 Å². The second-order valence-electron chi connectivity index (χ2n) is 7.10. The molecule has 0 aliphatic heterocycles. The number of hydrogen-bond donors (Lipinski definition) is 3. The average molecular weight is 462 g/mol. The Morgan fingerprint density at radius 2 is 2.23 bits per heavy atom. The van der Waals surface area contributed by atoms with Crippen LogP contribution in [0, 0.1) is 17.0 Å². The van der Waals surface area contributed by atoms with Gasteiger partial charge in [0.15, 0.2) is 0 Å². The molecule has 0 bridgehead atoms. The van der Waals surface area contributed by atoms with E-state index in [1.54, 1.807) is 6.07 Å². The van der Waals surface area contributed by atoms with Crippen LogP contribution in [0.15, 0.2) is 18.2 Å². The van der Waals surface area contributed by atoms with Crippen LogP contribution in [0.25, 0.3) is 0 Å². The van der Waals surface area contributed by atoms with Gasteiger partial charge in [0.1, 0.15) is 24.6 Å². The molecule has 9 nitrogen and oxygen atoms in total. The number of hydrogen-bond acceptors (Lipinski definition) is 8. The Bertz CT molecular complexity index is 711. The molecule has 1 saturated carbocycles. The van der Waals surface area contributed by atoms with Crippen LogP contribution in [0.3, 0.4) is 0 Å². The van der Waals surface area contributed by atoms with Crippen LogP contribution < -0.4 is 15.4 Å². The highest BCUT2D eigenvalue weighted by Crippen LogP contribution is 2.32. The topological polar surface area (TPSA) is 123 Å². The van der Waals surface area contributed by atoms with Gasteiger partial charge in [0.05, 0.1) is 10.8 Å². The van der Waals surface area contributed by atoms with Gasteiger partial charge in [-0.05, 0) is 37.5 Å². The Balaban J connectivity index is 1.53. The first-order valence-electron chi connectivity index (χ1n) is 9.82. The first-order chi connectivity index (χ1) is 14.3. The summed E-state index contributed by atoms with van der Waals surface area (Å²) in [4.78, 5) is 27.1. The highest BCUT2D eigenvalue weighted by molar-refractivity contribution is 8.00. The van der Waals surface area contributed by atoms with Gasteiger partial charge in [-0.1, -0.05) is 24.1 Å². The van der Waals surface area contributed by atoms with Crippen molar-refractivity contribution < 1.29 is 24.6 Å². The van der Waals surface area contributed by atoms with E-state index in [0.717, 1.165) is 18.4 Å². The lowest BCUT2D eigenvalue weighted by atomic mass is 10.2. The fourth-order valence-corrected chi connectivity index (χ4v) is 4.45. The number of amides is 1. The molecule has 0 aromatic heterocycles. The molecule has 168 valence electrons. The highest BCUT2D eigenvalue weighted by atomic mass is 35.5. The average Bonchev–Trinajstić information content (AvgIpc) is 3.13. The molecular weight excluding hydrogens is 434 g/mol.